The van der Waals surface area contributed by atoms with E-state index in [1.807, 2.05) is 45.4 Å². The Bertz CT molecular complexity index is 644. The Labute approximate surface area is 124 Å². The number of rotatable bonds is 1. The number of hydrogen-bond donors (Lipinski definition) is 1. The van der Waals surface area contributed by atoms with Gasteiger partial charge in [-0.05, 0) is 17.3 Å². The van der Waals surface area contributed by atoms with E-state index >= 15 is 0 Å². The maximum atomic E-state index is 9.75. The van der Waals surface area contributed by atoms with E-state index in [9.17, 15) is 17.3 Å². The van der Waals surface area contributed by atoms with E-state index in [0.717, 1.165) is 11.0 Å². The summed E-state index contributed by atoms with van der Waals surface area (Å²) in [6.45, 7) is 0. The molecule has 0 unspecified atom stereocenters. The number of aromatic amines is 1. The average Bonchev–Trinajstić information content (AvgIpc) is 2.75. The van der Waals surface area contributed by atoms with Crippen molar-refractivity contribution in [2.45, 2.75) is 0 Å². The predicted molar refractivity (Wildman–Crippen MR) is 74.4 cm³/mol. The first-order valence-corrected chi connectivity index (χ1v) is 6.22. The molecule has 0 bridgehead atoms. The maximum absolute atomic E-state index is 9.75. The van der Waals surface area contributed by atoms with Crippen LogP contribution in [-0.2, 0) is 0 Å². The fraction of sp³-hybridized carbons (Fsp3) is 0.364. The highest BCUT2D eigenvalue weighted by Crippen LogP contribution is 2.06. The number of benzene rings is 1. The Morgan fingerprint density at radius 1 is 1.23 bits per heavy atom. The summed E-state index contributed by atoms with van der Waals surface area (Å²) in [5.74, 6) is 0. The highest BCUT2D eigenvalue weighted by molar-refractivity contribution is 6.50. The third kappa shape index (κ3) is 5.68. The SMILES string of the molecule is CN=C(O[n+]1[nH]nc2ccccc21)[N+](C)(C)C.F[B-](F)(F)F. The fourth-order valence-electron chi connectivity index (χ4n) is 1.50. The van der Waals surface area contributed by atoms with Crippen LogP contribution in [0.15, 0.2) is 29.3 Å². The summed E-state index contributed by atoms with van der Waals surface area (Å²) in [5, 5.41) is 6.94. The van der Waals surface area contributed by atoms with Gasteiger partial charge in [0.05, 0.1) is 21.1 Å². The van der Waals surface area contributed by atoms with Crippen LogP contribution in [0.5, 0.6) is 0 Å². The van der Waals surface area contributed by atoms with Crippen molar-refractivity contribution in [3.05, 3.63) is 24.3 Å². The Morgan fingerprint density at radius 3 is 2.27 bits per heavy atom. The van der Waals surface area contributed by atoms with Crippen LogP contribution in [0.4, 0.5) is 17.3 Å². The van der Waals surface area contributed by atoms with Gasteiger partial charge >= 0.3 is 13.3 Å². The first-order chi connectivity index (χ1) is 10.0. The Kier molecular flexibility index (Phi) is 5.47. The minimum Gasteiger partial charge on any atom is -0.418 e. The number of nitrogens with one attached hydrogen (secondary N) is 1. The smallest absolute Gasteiger partial charge is 0.418 e. The molecule has 2 aromatic rings. The number of aromatic nitrogens is 3. The molecule has 0 amide bonds. The lowest BCUT2D eigenvalue weighted by Crippen LogP contribution is -2.57. The van der Waals surface area contributed by atoms with Gasteiger partial charge in [0.15, 0.2) is 0 Å². The van der Waals surface area contributed by atoms with Crippen molar-refractivity contribution in [1.29, 1.82) is 0 Å². The monoisotopic (exact) mass is 322 g/mol. The summed E-state index contributed by atoms with van der Waals surface area (Å²) < 4.78 is 39.5. The lowest BCUT2D eigenvalue weighted by molar-refractivity contribution is -0.923. The van der Waals surface area contributed by atoms with Gasteiger partial charge in [0.2, 0.25) is 5.52 Å². The minimum absolute atomic E-state index is 0.497. The first-order valence-electron chi connectivity index (χ1n) is 6.22. The zero-order chi connectivity index (χ0) is 17.0. The van der Waals surface area contributed by atoms with E-state index in [0.29, 0.717) is 10.5 Å². The highest BCUT2D eigenvalue weighted by atomic mass is 19.5. The van der Waals surface area contributed by atoms with Gasteiger partial charge in [-0.15, -0.1) is 0 Å². The van der Waals surface area contributed by atoms with Gasteiger partial charge in [0.25, 0.3) is 5.52 Å². The molecular weight excluding hydrogens is 305 g/mol. The normalized spacial score (nSPS) is 12.8. The van der Waals surface area contributed by atoms with Crippen LogP contribution in [0.25, 0.3) is 11.0 Å². The molecule has 0 radical (unpaired) electrons. The molecule has 1 N–H and O–H groups in total. The minimum atomic E-state index is -6.00. The standard InChI is InChI=1S/C11H16N5O.BF4/c1-12-11(16(2,3)4)17-15-10-8-6-5-7-9(10)13-14-15;2-1(3,4)5/h5-8H,1-4H3;/q+1;-1/p+1. The maximum Gasteiger partial charge on any atom is 0.673 e. The van der Waals surface area contributed by atoms with Gasteiger partial charge < -0.3 is 17.3 Å². The molecule has 2 rings (SSSR count). The van der Waals surface area contributed by atoms with Crippen LogP contribution >= 0.6 is 0 Å². The van der Waals surface area contributed by atoms with E-state index in [4.69, 9.17) is 4.84 Å². The molecule has 0 fully saturated rings. The number of fused-ring (bicyclic) bond motifs is 1. The van der Waals surface area contributed by atoms with Gasteiger partial charge in [0.1, 0.15) is 0 Å². The molecule has 1 heterocycles. The van der Waals surface area contributed by atoms with E-state index in [1.54, 1.807) is 7.05 Å². The number of hydrogen-bond acceptors (Lipinski definition) is 3. The molecule has 0 aliphatic heterocycles. The fourth-order valence-corrected chi connectivity index (χ4v) is 1.50. The lowest BCUT2D eigenvalue weighted by Gasteiger charge is -2.20. The number of para-hydroxylation sites is 2. The Balaban J connectivity index is 0.000000422. The number of quaternary nitrogens is 1. The van der Waals surface area contributed by atoms with Crippen LogP contribution < -0.4 is 9.68 Å². The molecule has 1 aromatic carbocycles. The molecular formula is C11H17BF4N5O+. The Morgan fingerprint density at radius 2 is 1.77 bits per heavy atom. The first kappa shape index (κ1) is 17.9. The molecule has 0 atom stereocenters. The quantitative estimate of drug-likeness (QED) is 0.215. The third-order valence-electron chi connectivity index (χ3n) is 2.30. The van der Waals surface area contributed by atoms with E-state index in [-0.39, 0.29) is 0 Å². The van der Waals surface area contributed by atoms with Gasteiger partial charge in [-0.25, -0.2) is 4.48 Å². The van der Waals surface area contributed by atoms with Crippen molar-refractivity contribution in [2.75, 3.05) is 28.2 Å². The van der Waals surface area contributed by atoms with Gasteiger partial charge in [-0.3, -0.25) is 0 Å². The molecule has 122 valence electrons. The van der Waals surface area contributed by atoms with Crippen LogP contribution in [0.1, 0.15) is 0 Å². The summed E-state index contributed by atoms with van der Waals surface area (Å²) in [6.07, 6.45) is 0. The second-order valence-corrected chi connectivity index (χ2v) is 5.10. The average molecular weight is 322 g/mol. The molecule has 0 aliphatic carbocycles. The second kappa shape index (κ2) is 6.73. The molecule has 0 saturated heterocycles. The van der Waals surface area contributed by atoms with E-state index < -0.39 is 7.25 Å². The molecule has 6 nitrogen and oxygen atoms in total. The molecule has 22 heavy (non-hydrogen) atoms. The van der Waals surface area contributed by atoms with E-state index in [1.165, 1.54) is 4.85 Å². The lowest BCUT2D eigenvalue weighted by atomic mass is 10.3. The predicted octanol–water partition coefficient (Wildman–Crippen LogP) is 1.27. The van der Waals surface area contributed by atoms with E-state index in [2.05, 4.69) is 15.3 Å². The van der Waals surface area contributed by atoms with Crippen molar-refractivity contribution < 1.29 is 31.4 Å². The van der Waals surface area contributed by atoms with Crippen molar-refractivity contribution in [3.8, 4) is 0 Å². The van der Waals surface area contributed by atoms with Gasteiger partial charge in [-0.2, -0.15) is 9.83 Å². The number of H-pyrrole nitrogens is 1. The van der Waals surface area contributed by atoms with Crippen LogP contribution in [0.3, 0.4) is 0 Å². The zero-order valence-electron chi connectivity index (χ0n) is 12.6. The third-order valence-corrected chi connectivity index (χ3v) is 2.30. The summed E-state index contributed by atoms with van der Waals surface area (Å²) in [4.78, 5) is 11.4. The Hall–Kier alpha value is -2.17. The molecule has 11 heteroatoms. The second-order valence-electron chi connectivity index (χ2n) is 5.10. The van der Waals surface area contributed by atoms with Gasteiger partial charge in [0, 0.05) is 17.0 Å². The van der Waals surface area contributed by atoms with Gasteiger partial charge in [-0.1, -0.05) is 12.1 Å². The number of amidine groups is 1. The van der Waals surface area contributed by atoms with Crippen molar-refractivity contribution in [3.63, 3.8) is 0 Å². The molecule has 0 aliphatic rings. The van der Waals surface area contributed by atoms with Crippen LogP contribution in [-0.4, -0.2) is 56.3 Å². The largest absolute Gasteiger partial charge is 0.673 e. The topological polar surface area (TPSA) is 54.1 Å². The molecule has 0 spiro atoms. The summed E-state index contributed by atoms with van der Waals surface area (Å²) in [5.41, 5.74) is 1.73. The number of halogens is 4. The summed E-state index contributed by atoms with van der Waals surface area (Å²) in [7, 11) is 1.67. The molecule has 0 saturated carbocycles. The van der Waals surface area contributed by atoms with Crippen molar-refractivity contribution in [1.82, 2.24) is 10.3 Å². The summed E-state index contributed by atoms with van der Waals surface area (Å²) in [6, 6.07) is 8.31. The molecule has 1 aromatic heterocycles. The van der Waals surface area contributed by atoms with Crippen LogP contribution in [0, 0.1) is 0 Å². The zero-order valence-corrected chi connectivity index (χ0v) is 12.6. The number of aliphatic imine (C=N–C) groups is 1. The van der Waals surface area contributed by atoms with Crippen LogP contribution in [0.2, 0.25) is 0 Å². The van der Waals surface area contributed by atoms with Crippen molar-refractivity contribution >= 4 is 24.3 Å². The summed E-state index contributed by atoms with van der Waals surface area (Å²) >= 11 is 0. The number of nitrogens with zero attached hydrogens (tertiary/aromatic N) is 4. The van der Waals surface area contributed by atoms with Crippen molar-refractivity contribution in [2.24, 2.45) is 4.99 Å². The highest BCUT2D eigenvalue weighted by Gasteiger charge is 2.25.